The Morgan fingerprint density at radius 1 is 0.935 bits per heavy atom. The van der Waals surface area contributed by atoms with Gasteiger partial charge in [0.2, 0.25) is 0 Å². The molecule has 0 saturated carbocycles. The third-order valence-electron chi connectivity index (χ3n) is 5.77. The van der Waals surface area contributed by atoms with Gasteiger partial charge < -0.3 is 15.0 Å². The number of morpholine rings is 1. The summed E-state index contributed by atoms with van der Waals surface area (Å²) in [4.78, 5) is 7.19. The molecule has 158 valence electrons. The molecule has 1 saturated heterocycles. The molecule has 0 atom stereocenters. The summed E-state index contributed by atoms with van der Waals surface area (Å²) in [6.45, 7) is 7.85. The largest absolute Gasteiger partial charge is 0.378 e. The van der Waals surface area contributed by atoms with Crippen molar-refractivity contribution in [1.82, 2.24) is 14.6 Å². The molecule has 1 fully saturated rings. The van der Waals surface area contributed by atoms with E-state index in [4.69, 9.17) is 9.72 Å². The fourth-order valence-corrected chi connectivity index (χ4v) is 3.91. The number of anilines is 3. The van der Waals surface area contributed by atoms with Crippen LogP contribution in [0.25, 0.3) is 16.8 Å². The minimum Gasteiger partial charge on any atom is -0.378 e. The van der Waals surface area contributed by atoms with Crippen molar-refractivity contribution in [2.24, 2.45) is 0 Å². The number of aromatic nitrogens is 3. The summed E-state index contributed by atoms with van der Waals surface area (Å²) in [5.74, 6) is 1.32. The van der Waals surface area contributed by atoms with Gasteiger partial charge in [0.25, 0.3) is 0 Å². The van der Waals surface area contributed by atoms with E-state index in [1.54, 1.807) is 0 Å². The van der Waals surface area contributed by atoms with Crippen LogP contribution in [0.4, 0.5) is 17.2 Å². The first-order chi connectivity index (χ1) is 15.2. The number of ether oxygens (including phenoxy) is 1. The van der Waals surface area contributed by atoms with Gasteiger partial charge in [0.15, 0.2) is 5.65 Å². The minimum absolute atomic E-state index is 0.521. The van der Waals surface area contributed by atoms with Crippen molar-refractivity contribution in [3.05, 3.63) is 72.6 Å². The second-order valence-corrected chi connectivity index (χ2v) is 8.19. The van der Waals surface area contributed by atoms with Gasteiger partial charge in [-0.25, -0.2) is 9.50 Å². The van der Waals surface area contributed by atoms with Gasteiger partial charge in [0.05, 0.1) is 19.4 Å². The molecular weight excluding hydrogens is 386 g/mol. The fourth-order valence-electron chi connectivity index (χ4n) is 3.91. The van der Waals surface area contributed by atoms with Crippen LogP contribution in [-0.2, 0) is 4.74 Å². The number of benzene rings is 2. The standard InChI is InChI=1S/C25H27N5O/c1-18(2)19-3-7-21(8-4-19)27-24-11-12-30-25(28-24)23(17-26-30)20-5-9-22(10-6-20)29-13-15-31-16-14-29/h3-12,17-18H,13-16H2,1-2H3,(H,27,28). The van der Waals surface area contributed by atoms with E-state index in [1.165, 1.54) is 11.3 Å². The van der Waals surface area contributed by atoms with E-state index < -0.39 is 0 Å². The van der Waals surface area contributed by atoms with E-state index in [9.17, 15) is 0 Å². The number of hydrogen-bond acceptors (Lipinski definition) is 5. The van der Waals surface area contributed by atoms with Crippen molar-refractivity contribution >= 4 is 22.8 Å². The van der Waals surface area contributed by atoms with Crippen molar-refractivity contribution < 1.29 is 4.74 Å². The topological polar surface area (TPSA) is 54.7 Å². The molecule has 1 N–H and O–H groups in total. The first-order valence-electron chi connectivity index (χ1n) is 10.8. The molecule has 0 spiro atoms. The van der Waals surface area contributed by atoms with Gasteiger partial charge in [0.1, 0.15) is 5.82 Å². The molecule has 1 aliphatic heterocycles. The van der Waals surface area contributed by atoms with Crippen LogP contribution in [0.3, 0.4) is 0 Å². The Balaban J connectivity index is 1.39. The minimum atomic E-state index is 0.521. The Kier molecular flexibility index (Phi) is 5.30. The maximum Gasteiger partial charge on any atom is 0.165 e. The summed E-state index contributed by atoms with van der Waals surface area (Å²) in [7, 11) is 0. The molecule has 31 heavy (non-hydrogen) atoms. The Labute approximate surface area is 182 Å². The van der Waals surface area contributed by atoms with Gasteiger partial charge in [-0.3, -0.25) is 0 Å². The summed E-state index contributed by atoms with van der Waals surface area (Å²) < 4.78 is 7.27. The van der Waals surface area contributed by atoms with Crippen LogP contribution >= 0.6 is 0 Å². The zero-order valence-electron chi connectivity index (χ0n) is 18.0. The molecule has 6 heteroatoms. The zero-order chi connectivity index (χ0) is 21.2. The van der Waals surface area contributed by atoms with E-state index in [-0.39, 0.29) is 0 Å². The van der Waals surface area contributed by atoms with Crippen molar-refractivity contribution in [2.45, 2.75) is 19.8 Å². The number of hydrogen-bond donors (Lipinski definition) is 1. The molecule has 2 aromatic heterocycles. The molecule has 5 rings (SSSR count). The highest BCUT2D eigenvalue weighted by Gasteiger charge is 2.13. The first kappa shape index (κ1) is 19.6. The molecule has 0 bridgehead atoms. The maximum atomic E-state index is 5.46. The molecule has 0 unspecified atom stereocenters. The predicted molar refractivity (Wildman–Crippen MR) is 125 cm³/mol. The van der Waals surface area contributed by atoms with E-state index in [1.807, 2.05) is 23.0 Å². The van der Waals surface area contributed by atoms with Gasteiger partial charge in [-0.2, -0.15) is 5.10 Å². The van der Waals surface area contributed by atoms with Gasteiger partial charge in [-0.1, -0.05) is 38.1 Å². The van der Waals surface area contributed by atoms with E-state index in [0.29, 0.717) is 5.92 Å². The Morgan fingerprint density at radius 3 is 2.39 bits per heavy atom. The smallest absolute Gasteiger partial charge is 0.165 e. The summed E-state index contributed by atoms with van der Waals surface area (Å²) in [5, 5.41) is 7.90. The number of rotatable bonds is 5. The highest BCUT2D eigenvalue weighted by atomic mass is 16.5. The third kappa shape index (κ3) is 4.11. The van der Waals surface area contributed by atoms with Gasteiger partial charge >= 0.3 is 0 Å². The number of nitrogens with zero attached hydrogens (tertiary/aromatic N) is 4. The van der Waals surface area contributed by atoms with Crippen LogP contribution in [0.15, 0.2) is 67.0 Å². The van der Waals surface area contributed by atoms with Crippen molar-refractivity contribution in [3.8, 4) is 11.1 Å². The van der Waals surface area contributed by atoms with Crippen molar-refractivity contribution in [1.29, 1.82) is 0 Å². The van der Waals surface area contributed by atoms with Crippen molar-refractivity contribution in [3.63, 3.8) is 0 Å². The second kappa shape index (κ2) is 8.40. The van der Waals surface area contributed by atoms with Crippen molar-refractivity contribution in [2.75, 3.05) is 36.5 Å². The molecule has 2 aromatic carbocycles. The quantitative estimate of drug-likeness (QED) is 0.493. The van der Waals surface area contributed by atoms with Crippen LogP contribution in [0.5, 0.6) is 0 Å². The summed E-state index contributed by atoms with van der Waals surface area (Å²) in [5.41, 5.74) is 6.54. The van der Waals surface area contributed by atoms with Crippen LogP contribution in [0.1, 0.15) is 25.3 Å². The molecule has 0 amide bonds. The Bertz CT molecular complexity index is 1160. The van der Waals surface area contributed by atoms with Gasteiger partial charge in [0, 0.05) is 36.2 Å². The monoisotopic (exact) mass is 413 g/mol. The lowest BCUT2D eigenvalue weighted by Gasteiger charge is -2.28. The Morgan fingerprint density at radius 2 is 1.68 bits per heavy atom. The highest BCUT2D eigenvalue weighted by Crippen LogP contribution is 2.28. The molecule has 4 aromatic rings. The average Bonchev–Trinajstić information content (AvgIpc) is 3.23. The van der Waals surface area contributed by atoms with Crippen LogP contribution < -0.4 is 10.2 Å². The normalized spacial score (nSPS) is 14.4. The molecule has 1 aliphatic rings. The molecule has 6 nitrogen and oxygen atoms in total. The third-order valence-corrected chi connectivity index (χ3v) is 5.77. The van der Waals surface area contributed by atoms with E-state index >= 15 is 0 Å². The van der Waals surface area contributed by atoms with Gasteiger partial charge in [-0.15, -0.1) is 0 Å². The van der Waals surface area contributed by atoms with Crippen LogP contribution in [-0.4, -0.2) is 40.9 Å². The summed E-state index contributed by atoms with van der Waals surface area (Å²) >= 11 is 0. The lowest BCUT2D eigenvalue weighted by molar-refractivity contribution is 0.122. The molecule has 0 aliphatic carbocycles. The number of fused-ring (bicyclic) bond motifs is 1. The predicted octanol–water partition coefficient (Wildman–Crippen LogP) is 5.10. The average molecular weight is 414 g/mol. The Hall–Kier alpha value is -3.38. The zero-order valence-corrected chi connectivity index (χ0v) is 18.0. The van der Waals surface area contributed by atoms with E-state index in [2.05, 4.69) is 77.7 Å². The molecular formula is C25H27N5O. The first-order valence-corrected chi connectivity index (χ1v) is 10.8. The number of nitrogens with one attached hydrogen (secondary N) is 1. The highest BCUT2D eigenvalue weighted by molar-refractivity contribution is 5.79. The van der Waals surface area contributed by atoms with Crippen LogP contribution in [0, 0.1) is 0 Å². The molecule has 3 heterocycles. The summed E-state index contributed by atoms with van der Waals surface area (Å²) in [6.07, 6.45) is 3.83. The lowest BCUT2D eigenvalue weighted by atomic mass is 10.0. The second-order valence-electron chi connectivity index (χ2n) is 8.19. The fraction of sp³-hybridized carbons (Fsp3) is 0.280. The summed E-state index contributed by atoms with van der Waals surface area (Å²) in [6, 6.07) is 19.1. The van der Waals surface area contributed by atoms with E-state index in [0.717, 1.165) is 54.6 Å². The molecule has 0 radical (unpaired) electrons. The SMILES string of the molecule is CC(C)c1ccc(Nc2ccn3ncc(-c4ccc(N5CCOCC5)cc4)c3n2)cc1. The lowest BCUT2D eigenvalue weighted by Crippen LogP contribution is -2.36. The van der Waals surface area contributed by atoms with Crippen LogP contribution in [0.2, 0.25) is 0 Å². The maximum absolute atomic E-state index is 5.46. The van der Waals surface area contributed by atoms with Gasteiger partial charge in [-0.05, 0) is 47.4 Å².